The van der Waals surface area contributed by atoms with Gasteiger partial charge in [0.1, 0.15) is 5.76 Å². The molecule has 0 radical (unpaired) electrons. The minimum Gasteiger partial charge on any atom is -0.360 e. The average molecular weight is 340 g/mol. The fourth-order valence-corrected chi connectivity index (χ4v) is 3.56. The normalized spacial score (nSPS) is 22.4. The summed E-state index contributed by atoms with van der Waals surface area (Å²) in [6.07, 6.45) is 1.08. The van der Waals surface area contributed by atoms with Crippen molar-refractivity contribution in [2.45, 2.75) is 39.9 Å². The molecular weight excluding hydrogens is 310 g/mol. The van der Waals surface area contributed by atoms with Crippen LogP contribution in [0.1, 0.15) is 50.4 Å². The number of nitrogens with two attached hydrogens (primary N) is 1. The van der Waals surface area contributed by atoms with Crippen molar-refractivity contribution in [3.63, 3.8) is 0 Å². The van der Waals surface area contributed by atoms with Gasteiger partial charge in [0.05, 0.1) is 5.75 Å². The van der Waals surface area contributed by atoms with E-state index in [1.54, 1.807) is 17.8 Å². The van der Waals surface area contributed by atoms with E-state index < -0.39 is 0 Å². The summed E-state index contributed by atoms with van der Waals surface area (Å²) in [7, 11) is 0. The Morgan fingerprint density at radius 2 is 2.22 bits per heavy atom. The van der Waals surface area contributed by atoms with Gasteiger partial charge in [0.25, 0.3) is 5.91 Å². The van der Waals surface area contributed by atoms with E-state index in [0.717, 1.165) is 30.2 Å². The third kappa shape index (κ3) is 4.73. The van der Waals surface area contributed by atoms with Gasteiger partial charge in [0.15, 0.2) is 5.69 Å². The molecule has 23 heavy (non-hydrogen) atoms. The molecule has 1 aromatic rings. The van der Waals surface area contributed by atoms with E-state index in [0.29, 0.717) is 30.6 Å². The Bertz CT molecular complexity index is 524. The second kappa shape index (κ2) is 7.71. The Labute approximate surface area is 143 Å². The second-order valence-electron chi connectivity index (χ2n) is 7.43. The van der Waals surface area contributed by atoms with E-state index >= 15 is 0 Å². The highest BCUT2D eigenvalue weighted by molar-refractivity contribution is 7.98. The minimum absolute atomic E-state index is 0.0334. The zero-order chi connectivity index (χ0) is 17.0. The number of piperidine rings is 1. The highest BCUT2D eigenvalue weighted by atomic mass is 32.2. The lowest BCUT2D eigenvalue weighted by Crippen LogP contribution is -2.49. The number of likely N-dealkylation sites (tertiary alicyclic amines) is 1. The summed E-state index contributed by atoms with van der Waals surface area (Å²) in [5, 5.41) is 3.97. The zero-order valence-corrected chi connectivity index (χ0v) is 15.5. The Hall–Kier alpha value is -1.01. The van der Waals surface area contributed by atoms with Gasteiger partial charge in [-0.05, 0) is 36.0 Å². The van der Waals surface area contributed by atoms with Crippen LogP contribution in [0.25, 0.3) is 0 Å². The van der Waals surface area contributed by atoms with Crippen LogP contribution in [0.3, 0.4) is 0 Å². The van der Waals surface area contributed by atoms with Crippen LogP contribution in [-0.2, 0) is 5.75 Å². The predicted octanol–water partition coefficient (Wildman–Crippen LogP) is 3.01. The summed E-state index contributed by atoms with van der Waals surface area (Å²) in [5.74, 6) is 3.32. The third-order valence-corrected chi connectivity index (χ3v) is 5.51. The molecule has 0 spiro atoms. The molecule has 5 nitrogen and oxygen atoms in total. The number of aromatic nitrogens is 1. The fourth-order valence-electron chi connectivity index (χ4n) is 3.01. The van der Waals surface area contributed by atoms with Crippen molar-refractivity contribution in [1.82, 2.24) is 10.1 Å². The molecule has 2 atom stereocenters. The first-order chi connectivity index (χ1) is 10.8. The molecule has 6 heteroatoms. The first-order valence-electron chi connectivity index (χ1n) is 8.37. The molecule has 2 heterocycles. The summed E-state index contributed by atoms with van der Waals surface area (Å²) >= 11 is 1.75. The number of hydrogen-bond donors (Lipinski definition) is 1. The van der Waals surface area contributed by atoms with Crippen LogP contribution in [0.2, 0.25) is 0 Å². The van der Waals surface area contributed by atoms with Crippen molar-refractivity contribution in [3.05, 3.63) is 17.5 Å². The second-order valence-corrected chi connectivity index (χ2v) is 8.70. The molecular formula is C17H29N3O2S. The molecule has 1 fully saturated rings. The summed E-state index contributed by atoms with van der Waals surface area (Å²) in [6.45, 7) is 10.9. The first kappa shape index (κ1) is 18.3. The van der Waals surface area contributed by atoms with Crippen molar-refractivity contribution in [3.8, 4) is 0 Å². The van der Waals surface area contributed by atoms with Crippen LogP contribution in [-0.4, -0.2) is 41.4 Å². The highest BCUT2D eigenvalue weighted by Crippen LogP contribution is 2.35. The van der Waals surface area contributed by atoms with Crippen molar-refractivity contribution < 1.29 is 9.32 Å². The van der Waals surface area contributed by atoms with Gasteiger partial charge in [-0.25, -0.2) is 0 Å². The summed E-state index contributed by atoms with van der Waals surface area (Å²) in [4.78, 5) is 14.7. The molecule has 1 aliphatic heterocycles. The Kier molecular flexibility index (Phi) is 6.14. The van der Waals surface area contributed by atoms with Crippen LogP contribution < -0.4 is 5.73 Å². The first-order valence-corrected chi connectivity index (χ1v) is 9.53. The molecule has 0 bridgehead atoms. The monoisotopic (exact) mass is 339 g/mol. The van der Waals surface area contributed by atoms with Gasteiger partial charge in [-0.1, -0.05) is 32.9 Å². The van der Waals surface area contributed by atoms with Crippen LogP contribution in [0.4, 0.5) is 0 Å². The number of thioether (sulfide) groups is 1. The Morgan fingerprint density at radius 1 is 1.48 bits per heavy atom. The van der Waals surface area contributed by atoms with Crippen molar-refractivity contribution in [1.29, 1.82) is 0 Å². The van der Waals surface area contributed by atoms with Crippen molar-refractivity contribution in [2.24, 2.45) is 23.0 Å². The largest absolute Gasteiger partial charge is 0.360 e. The summed E-state index contributed by atoms with van der Waals surface area (Å²) in [5.41, 5.74) is 6.48. The third-order valence-electron chi connectivity index (χ3n) is 4.61. The van der Waals surface area contributed by atoms with Crippen molar-refractivity contribution >= 4 is 17.7 Å². The number of rotatable bonds is 5. The van der Waals surface area contributed by atoms with Gasteiger partial charge in [0, 0.05) is 19.2 Å². The smallest absolute Gasteiger partial charge is 0.276 e. The maximum Gasteiger partial charge on any atom is 0.276 e. The van der Waals surface area contributed by atoms with Crippen molar-refractivity contribution in [2.75, 3.05) is 25.4 Å². The van der Waals surface area contributed by atoms with E-state index in [1.807, 2.05) is 4.90 Å². The van der Waals surface area contributed by atoms with Crippen LogP contribution in [0, 0.1) is 17.3 Å². The van der Waals surface area contributed by atoms with Gasteiger partial charge in [-0.2, -0.15) is 11.8 Å². The van der Waals surface area contributed by atoms with E-state index in [9.17, 15) is 4.79 Å². The Morgan fingerprint density at radius 3 is 2.83 bits per heavy atom. The van der Waals surface area contributed by atoms with Crippen LogP contribution >= 0.6 is 11.8 Å². The van der Waals surface area contributed by atoms with E-state index in [4.69, 9.17) is 10.3 Å². The van der Waals surface area contributed by atoms with Gasteiger partial charge >= 0.3 is 0 Å². The maximum absolute atomic E-state index is 12.8. The SMILES string of the molecule is CCSCc1cc(C(=O)N2C[C@@H](CN)C[C@@H](C(C)(C)C)C2)no1. The van der Waals surface area contributed by atoms with Gasteiger partial charge in [-0.15, -0.1) is 0 Å². The summed E-state index contributed by atoms with van der Waals surface area (Å²) in [6, 6.07) is 1.78. The Balaban J connectivity index is 2.09. The molecule has 0 saturated carbocycles. The van der Waals surface area contributed by atoms with Gasteiger partial charge < -0.3 is 15.2 Å². The molecule has 130 valence electrons. The molecule has 1 aliphatic rings. The zero-order valence-electron chi connectivity index (χ0n) is 14.7. The van der Waals surface area contributed by atoms with Crippen LogP contribution in [0.15, 0.2) is 10.6 Å². The van der Waals surface area contributed by atoms with E-state index in [2.05, 4.69) is 32.9 Å². The predicted molar refractivity (Wildman–Crippen MR) is 94.3 cm³/mol. The lowest BCUT2D eigenvalue weighted by Gasteiger charge is -2.42. The maximum atomic E-state index is 12.8. The molecule has 2 N–H and O–H groups in total. The minimum atomic E-state index is -0.0334. The number of hydrogen-bond acceptors (Lipinski definition) is 5. The topological polar surface area (TPSA) is 72.4 Å². The van der Waals surface area contributed by atoms with Crippen LogP contribution in [0.5, 0.6) is 0 Å². The average Bonchev–Trinajstić information content (AvgIpc) is 2.99. The molecule has 0 aliphatic carbocycles. The molecule has 2 rings (SSSR count). The molecule has 0 unspecified atom stereocenters. The quantitative estimate of drug-likeness (QED) is 0.893. The molecule has 1 amide bonds. The number of nitrogens with zero attached hydrogens (tertiary/aromatic N) is 2. The lowest BCUT2D eigenvalue weighted by atomic mass is 9.73. The van der Waals surface area contributed by atoms with E-state index in [1.165, 1.54) is 0 Å². The number of carbonyl (C=O) groups excluding carboxylic acids is 1. The fraction of sp³-hybridized carbons (Fsp3) is 0.765. The van der Waals surface area contributed by atoms with E-state index in [-0.39, 0.29) is 11.3 Å². The molecule has 0 aromatic carbocycles. The molecule has 1 aromatic heterocycles. The number of carbonyl (C=O) groups is 1. The summed E-state index contributed by atoms with van der Waals surface area (Å²) < 4.78 is 5.28. The van der Waals surface area contributed by atoms with Gasteiger partial charge in [0.2, 0.25) is 0 Å². The van der Waals surface area contributed by atoms with Gasteiger partial charge in [-0.3, -0.25) is 4.79 Å². The standard InChI is InChI=1S/C17H29N3O2S/c1-5-23-11-14-7-15(19-22-14)16(21)20-9-12(8-18)6-13(10-20)17(2,3)4/h7,12-13H,5-6,8-11,18H2,1-4H3/t12-,13-/m1/s1. The number of amides is 1. The highest BCUT2D eigenvalue weighted by Gasteiger charge is 2.36. The lowest BCUT2D eigenvalue weighted by molar-refractivity contribution is 0.0428. The molecule has 1 saturated heterocycles.